The third-order valence-corrected chi connectivity index (χ3v) is 8.71. The summed E-state index contributed by atoms with van der Waals surface area (Å²) >= 11 is 0. The van der Waals surface area contributed by atoms with Crippen LogP contribution in [0.3, 0.4) is 0 Å². The fourth-order valence-corrected chi connectivity index (χ4v) is 6.22. The van der Waals surface area contributed by atoms with E-state index in [1.165, 1.54) is 36.4 Å². The molecule has 0 spiro atoms. The summed E-state index contributed by atoms with van der Waals surface area (Å²) in [5.74, 6) is -6.57. The van der Waals surface area contributed by atoms with E-state index in [1.54, 1.807) is 0 Å². The molecule has 4 heterocycles. The van der Waals surface area contributed by atoms with Crippen LogP contribution in [-0.4, -0.2) is 120 Å². The third kappa shape index (κ3) is 7.45. The molecule has 10 amide bonds. The van der Waals surface area contributed by atoms with Crippen molar-refractivity contribution in [2.24, 2.45) is 0 Å². The van der Waals surface area contributed by atoms with Crippen molar-refractivity contribution in [3.63, 3.8) is 0 Å². The lowest BCUT2D eigenvalue weighted by atomic mass is 10.0. The number of rotatable bonds is 14. The lowest BCUT2D eigenvalue weighted by Gasteiger charge is -2.27. The van der Waals surface area contributed by atoms with Gasteiger partial charge in [-0.2, -0.15) is 0 Å². The van der Waals surface area contributed by atoms with Crippen LogP contribution in [0, 0.1) is 0 Å². The minimum atomic E-state index is -1.14. The highest BCUT2D eigenvalue weighted by molar-refractivity contribution is 6.25. The maximum absolute atomic E-state index is 13.1. The second-order valence-corrected chi connectivity index (χ2v) is 12.1. The van der Waals surface area contributed by atoms with Crippen molar-refractivity contribution in [1.82, 2.24) is 31.1 Å². The van der Waals surface area contributed by atoms with Gasteiger partial charge in [0.05, 0.1) is 35.5 Å². The largest absolute Gasteiger partial charge is 0.483 e. The Hall–Kier alpha value is -6.50. The zero-order valence-corrected chi connectivity index (χ0v) is 27.9. The van der Waals surface area contributed by atoms with Crippen molar-refractivity contribution in [2.45, 2.75) is 37.8 Å². The minimum absolute atomic E-state index is 0.00336. The Morgan fingerprint density at radius 3 is 1.43 bits per heavy atom. The molecule has 4 aliphatic heterocycles. The van der Waals surface area contributed by atoms with E-state index in [0.29, 0.717) is 0 Å². The Labute approximate surface area is 299 Å². The van der Waals surface area contributed by atoms with Gasteiger partial charge in [-0.05, 0) is 37.1 Å². The fourth-order valence-electron chi connectivity index (χ4n) is 6.22. The number of hydrogen-bond donors (Lipinski definition) is 4. The first kappa shape index (κ1) is 36.3. The van der Waals surface area contributed by atoms with Crippen LogP contribution < -0.4 is 30.7 Å². The maximum atomic E-state index is 13.1. The third-order valence-electron chi connectivity index (χ3n) is 8.71. The molecular formula is C34H32N6O13. The van der Waals surface area contributed by atoms with E-state index < -0.39 is 84.4 Å². The topological polar surface area (TPSA) is 253 Å². The number of amides is 10. The van der Waals surface area contributed by atoms with E-state index in [0.717, 1.165) is 9.80 Å². The molecule has 276 valence electrons. The predicted molar refractivity (Wildman–Crippen MR) is 174 cm³/mol. The van der Waals surface area contributed by atoms with Crippen molar-refractivity contribution >= 4 is 59.1 Å². The lowest BCUT2D eigenvalue weighted by Crippen LogP contribution is -2.54. The number of carbonyl (C=O) groups excluding carboxylic acids is 10. The molecule has 2 atom stereocenters. The summed E-state index contributed by atoms with van der Waals surface area (Å²) < 4.78 is 16.5. The first-order valence-electron chi connectivity index (χ1n) is 16.5. The maximum Gasteiger partial charge on any atom is 0.266 e. The van der Waals surface area contributed by atoms with Crippen LogP contribution in [-0.2, 0) is 33.5 Å². The van der Waals surface area contributed by atoms with E-state index in [1.807, 2.05) is 0 Å². The van der Waals surface area contributed by atoms with Crippen LogP contribution in [0.15, 0.2) is 36.4 Å². The molecule has 19 nitrogen and oxygen atoms in total. The zero-order chi connectivity index (χ0) is 37.8. The summed E-state index contributed by atoms with van der Waals surface area (Å²) in [6.07, 6.45) is -0.0564. The van der Waals surface area contributed by atoms with E-state index in [2.05, 4.69) is 21.3 Å². The number of nitrogens with one attached hydrogen (secondary N) is 4. The van der Waals surface area contributed by atoms with Crippen molar-refractivity contribution in [3.8, 4) is 11.5 Å². The quantitative estimate of drug-likeness (QED) is 0.124. The molecule has 0 bridgehead atoms. The van der Waals surface area contributed by atoms with Gasteiger partial charge in [-0.3, -0.25) is 68.4 Å². The molecule has 2 saturated heterocycles. The number of piperidine rings is 2. The van der Waals surface area contributed by atoms with Gasteiger partial charge in [0.15, 0.2) is 13.2 Å². The second kappa shape index (κ2) is 15.4. The minimum Gasteiger partial charge on any atom is -0.483 e. The number of imide groups is 4. The lowest BCUT2D eigenvalue weighted by molar-refractivity contribution is -0.137. The number of hydrogen-bond acceptors (Lipinski definition) is 13. The molecule has 0 aliphatic carbocycles. The van der Waals surface area contributed by atoms with Gasteiger partial charge in [0.25, 0.3) is 35.4 Å². The van der Waals surface area contributed by atoms with Gasteiger partial charge in [-0.15, -0.1) is 0 Å². The van der Waals surface area contributed by atoms with Crippen LogP contribution >= 0.6 is 0 Å². The molecule has 2 aromatic rings. The summed E-state index contributed by atoms with van der Waals surface area (Å²) in [6.45, 7) is -0.688. The Kier molecular flexibility index (Phi) is 10.5. The first-order valence-corrected chi connectivity index (χ1v) is 16.5. The van der Waals surface area contributed by atoms with Crippen molar-refractivity contribution in [2.75, 3.05) is 39.5 Å². The highest BCUT2D eigenvalue weighted by atomic mass is 16.5. The fraction of sp³-hybridized carbons (Fsp3) is 0.353. The summed E-state index contributed by atoms with van der Waals surface area (Å²) in [6, 6.07) is 6.29. The van der Waals surface area contributed by atoms with Crippen molar-refractivity contribution in [3.05, 3.63) is 58.7 Å². The molecule has 2 aromatic carbocycles. The summed E-state index contributed by atoms with van der Waals surface area (Å²) in [7, 11) is 0. The molecular weight excluding hydrogens is 700 g/mol. The van der Waals surface area contributed by atoms with Crippen LogP contribution in [0.2, 0.25) is 0 Å². The Morgan fingerprint density at radius 2 is 1.04 bits per heavy atom. The Balaban J connectivity index is 0.883. The van der Waals surface area contributed by atoms with Gasteiger partial charge in [-0.25, -0.2) is 0 Å². The number of benzene rings is 2. The normalized spacial score (nSPS) is 19.5. The average molecular weight is 733 g/mol. The smallest absolute Gasteiger partial charge is 0.266 e. The average Bonchev–Trinajstić information content (AvgIpc) is 3.54. The first-order chi connectivity index (χ1) is 25.5. The van der Waals surface area contributed by atoms with Gasteiger partial charge < -0.3 is 24.8 Å². The van der Waals surface area contributed by atoms with E-state index in [4.69, 9.17) is 14.2 Å². The Bertz CT molecular complexity index is 1820. The highest BCUT2D eigenvalue weighted by Gasteiger charge is 2.47. The number of fused-ring (bicyclic) bond motifs is 2. The van der Waals surface area contributed by atoms with E-state index >= 15 is 0 Å². The van der Waals surface area contributed by atoms with Crippen molar-refractivity contribution < 1.29 is 62.2 Å². The van der Waals surface area contributed by atoms with Crippen molar-refractivity contribution in [1.29, 1.82) is 0 Å². The molecule has 19 heteroatoms. The summed E-state index contributed by atoms with van der Waals surface area (Å²) in [5, 5.41) is 9.39. The van der Waals surface area contributed by atoms with E-state index in [9.17, 15) is 47.9 Å². The zero-order valence-electron chi connectivity index (χ0n) is 27.9. The van der Waals surface area contributed by atoms with Gasteiger partial charge in [0.1, 0.15) is 23.6 Å². The molecule has 6 rings (SSSR count). The monoisotopic (exact) mass is 732 g/mol. The SMILES string of the molecule is O=C(COc1cccc2c1C(=O)N(C1CCC(=O)NC1=O)C2=O)NCCOCCNC(=O)COc1cccc2c1C(=O)N(C1CCC(=O)NC1=O)C2=O. The standard InChI is InChI=1S/C34H32N6O13/c41-23-9-7-19(29(45)37-23)39-31(47)17-3-1-5-21(27(17)33(39)49)52-15-25(43)35-11-13-51-14-12-36-26(44)16-53-22-6-2-4-18-28(22)34(50)40(32(18)48)20-8-10-24(42)38-30(20)46/h1-6,19-20H,7-16H2,(H,35,43)(H,36,44)(H,37,41,45)(H,38,42,46). The molecule has 0 aromatic heterocycles. The van der Waals surface area contributed by atoms with Gasteiger partial charge in [0.2, 0.25) is 23.6 Å². The van der Waals surface area contributed by atoms with Crippen LogP contribution in [0.5, 0.6) is 11.5 Å². The van der Waals surface area contributed by atoms with Gasteiger partial charge in [0, 0.05) is 25.9 Å². The molecule has 4 N–H and O–H groups in total. The van der Waals surface area contributed by atoms with Crippen LogP contribution in [0.25, 0.3) is 0 Å². The van der Waals surface area contributed by atoms with Crippen LogP contribution in [0.4, 0.5) is 0 Å². The van der Waals surface area contributed by atoms with Gasteiger partial charge in [-0.1, -0.05) is 12.1 Å². The molecule has 0 radical (unpaired) electrons. The molecule has 0 saturated carbocycles. The van der Waals surface area contributed by atoms with E-state index in [-0.39, 0.29) is 85.7 Å². The number of nitrogens with zero attached hydrogens (tertiary/aromatic N) is 2. The number of ether oxygens (including phenoxy) is 3. The predicted octanol–water partition coefficient (Wildman–Crippen LogP) is -1.80. The molecule has 2 fully saturated rings. The van der Waals surface area contributed by atoms with Gasteiger partial charge >= 0.3 is 0 Å². The second-order valence-electron chi connectivity index (χ2n) is 12.1. The number of carbonyl (C=O) groups is 10. The van der Waals surface area contributed by atoms with Crippen LogP contribution in [0.1, 0.15) is 67.1 Å². The molecule has 4 aliphatic rings. The summed E-state index contributed by atoms with van der Waals surface area (Å²) in [4.78, 5) is 126. The summed E-state index contributed by atoms with van der Waals surface area (Å²) in [5.41, 5.74) is -0.145. The molecule has 2 unspecified atom stereocenters. The Morgan fingerprint density at radius 1 is 0.623 bits per heavy atom. The molecule has 53 heavy (non-hydrogen) atoms. The highest BCUT2D eigenvalue weighted by Crippen LogP contribution is 2.35.